The predicted molar refractivity (Wildman–Crippen MR) is 161 cm³/mol. The van der Waals surface area contributed by atoms with E-state index < -0.39 is 28.1 Å². The number of aromatic nitrogens is 2. The van der Waals surface area contributed by atoms with E-state index in [1.807, 2.05) is 31.2 Å². The number of carbonyl (C=O) groups excluding carboxylic acids is 2. The molecule has 2 aromatic heterocycles. The summed E-state index contributed by atoms with van der Waals surface area (Å²) in [5, 5.41) is 16.8. The highest BCUT2D eigenvalue weighted by atomic mass is 32.2. The van der Waals surface area contributed by atoms with Gasteiger partial charge in [0.1, 0.15) is 16.7 Å². The second-order valence-electron chi connectivity index (χ2n) is 10.7. The number of amides is 2. The minimum Gasteiger partial charge on any atom is -0.486 e. The van der Waals surface area contributed by atoms with Crippen molar-refractivity contribution in [2.75, 3.05) is 32.1 Å². The molecule has 12 nitrogen and oxygen atoms in total. The number of sulfonamides is 1. The molecule has 228 valence electrons. The van der Waals surface area contributed by atoms with Crippen molar-refractivity contribution in [1.29, 1.82) is 0 Å². The fourth-order valence-corrected chi connectivity index (χ4v) is 7.38. The van der Waals surface area contributed by atoms with Crippen LogP contribution in [0.25, 0.3) is 10.2 Å². The number of nitrogens with zero attached hydrogens (tertiary/aromatic N) is 4. The lowest BCUT2D eigenvalue weighted by Gasteiger charge is -2.38. The molecule has 4 aromatic rings. The van der Waals surface area contributed by atoms with E-state index in [-0.39, 0.29) is 69.9 Å². The highest BCUT2D eigenvalue weighted by Gasteiger charge is 2.37. The van der Waals surface area contributed by atoms with Crippen molar-refractivity contribution >= 4 is 49.1 Å². The number of para-hydroxylation sites is 2. The fraction of sp³-hybridized carbons (Fsp3) is 0.379. The zero-order valence-electron chi connectivity index (χ0n) is 24.4. The normalized spacial score (nSPS) is 18.2. The van der Waals surface area contributed by atoms with Gasteiger partial charge in [-0.15, -0.1) is 11.3 Å². The first-order valence-corrected chi connectivity index (χ1v) is 16.0. The maximum absolute atomic E-state index is 13.8. The van der Waals surface area contributed by atoms with Crippen molar-refractivity contribution in [2.45, 2.75) is 44.7 Å². The molecule has 0 aliphatic carbocycles. The molecule has 2 amide bonds. The van der Waals surface area contributed by atoms with E-state index in [1.54, 1.807) is 36.9 Å². The van der Waals surface area contributed by atoms with Gasteiger partial charge in [0.05, 0.1) is 40.7 Å². The van der Waals surface area contributed by atoms with Crippen molar-refractivity contribution in [3.8, 4) is 5.75 Å². The SMILES string of the molecule is Cc1noc(C)c1S(=O)(=O)N(C)C[C@@H]1Oc2c(NC(=O)c3nc4ccccc4s3)cccc2C(=O)N([C@@H](C)CO)C[C@@H]1C. The van der Waals surface area contributed by atoms with Gasteiger partial charge in [-0.05, 0) is 45.0 Å². The number of ether oxygens (including phenoxy) is 1. The fourth-order valence-electron chi connectivity index (χ4n) is 5.06. The van der Waals surface area contributed by atoms with Crippen molar-refractivity contribution in [3.05, 3.63) is 64.5 Å². The predicted octanol–water partition coefficient (Wildman–Crippen LogP) is 3.69. The van der Waals surface area contributed by atoms with Crippen LogP contribution in [0.5, 0.6) is 5.75 Å². The van der Waals surface area contributed by atoms with Gasteiger partial charge in [0, 0.05) is 19.5 Å². The third kappa shape index (κ3) is 5.87. The second kappa shape index (κ2) is 12.0. The molecule has 0 spiro atoms. The van der Waals surface area contributed by atoms with Crippen LogP contribution < -0.4 is 10.1 Å². The summed E-state index contributed by atoms with van der Waals surface area (Å²) < 4.78 is 40.7. The van der Waals surface area contributed by atoms with Crippen LogP contribution >= 0.6 is 11.3 Å². The van der Waals surface area contributed by atoms with Crippen LogP contribution in [0.1, 0.15) is 45.5 Å². The summed E-state index contributed by atoms with van der Waals surface area (Å²) in [6, 6.07) is 11.7. The third-order valence-corrected chi connectivity index (χ3v) is 10.6. The Morgan fingerprint density at radius 1 is 1.23 bits per heavy atom. The van der Waals surface area contributed by atoms with Crippen LogP contribution in [0.15, 0.2) is 51.9 Å². The van der Waals surface area contributed by atoms with Crippen LogP contribution in [0.3, 0.4) is 0 Å². The number of aliphatic hydroxyl groups excluding tert-OH is 1. The first kappa shape index (κ1) is 30.6. The number of likely N-dealkylation sites (N-methyl/N-ethyl adjacent to an activating group) is 1. The Bertz CT molecular complexity index is 1730. The van der Waals surface area contributed by atoms with Gasteiger partial charge < -0.3 is 24.6 Å². The summed E-state index contributed by atoms with van der Waals surface area (Å²) in [5.74, 6) is -0.946. The number of hydrogen-bond donors (Lipinski definition) is 2. The lowest BCUT2D eigenvalue weighted by Crippen LogP contribution is -2.50. The van der Waals surface area contributed by atoms with Crippen LogP contribution in [0.2, 0.25) is 0 Å². The van der Waals surface area contributed by atoms with E-state index in [9.17, 15) is 23.1 Å². The summed E-state index contributed by atoms with van der Waals surface area (Å²) in [7, 11) is -2.56. The zero-order chi connectivity index (χ0) is 31.1. The topological polar surface area (TPSA) is 155 Å². The van der Waals surface area contributed by atoms with Crippen LogP contribution in [0, 0.1) is 19.8 Å². The van der Waals surface area contributed by atoms with E-state index in [1.165, 1.54) is 29.6 Å². The van der Waals surface area contributed by atoms with Crippen LogP contribution in [-0.4, -0.2) is 83.6 Å². The Balaban J connectivity index is 1.52. The van der Waals surface area contributed by atoms with Gasteiger partial charge >= 0.3 is 0 Å². The maximum atomic E-state index is 13.8. The zero-order valence-corrected chi connectivity index (χ0v) is 26.0. The Morgan fingerprint density at radius 2 is 1.98 bits per heavy atom. The molecular weight excluding hydrogens is 594 g/mol. The summed E-state index contributed by atoms with van der Waals surface area (Å²) >= 11 is 1.24. The van der Waals surface area contributed by atoms with Gasteiger partial charge in [-0.3, -0.25) is 9.59 Å². The molecule has 14 heteroatoms. The molecule has 0 unspecified atom stereocenters. The standard InChI is InChI=1S/C29H33N5O7S2/c1-16-13-34(17(2)15-35)29(37)20-9-8-11-22(30-27(36)28-31-21-10-6-7-12-24(21)42-28)25(20)40-23(16)14-33(5)43(38,39)26-18(3)32-41-19(26)4/h6-12,16-17,23,35H,13-15H2,1-5H3,(H,30,36)/t16-,17-,23-/m0/s1. The molecule has 2 aromatic carbocycles. The van der Waals surface area contributed by atoms with Gasteiger partial charge in [-0.2, -0.15) is 4.31 Å². The van der Waals surface area contributed by atoms with Gasteiger partial charge in [0.25, 0.3) is 11.8 Å². The molecule has 0 bridgehead atoms. The molecule has 0 saturated carbocycles. The molecule has 5 rings (SSSR count). The molecular formula is C29H33N5O7S2. The molecule has 1 aliphatic heterocycles. The van der Waals surface area contributed by atoms with Gasteiger partial charge in [-0.25, -0.2) is 13.4 Å². The number of carbonyl (C=O) groups is 2. The number of fused-ring (bicyclic) bond motifs is 2. The Hall–Kier alpha value is -3.85. The number of rotatable bonds is 8. The number of aryl methyl sites for hydroxylation is 2. The summed E-state index contributed by atoms with van der Waals surface area (Å²) in [5.41, 5.74) is 1.35. The number of benzene rings is 2. The van der Waals surface area contributed by atoms with Crippen LogP contribution in [-0.2, 0) is 10.0 Å². The highest BCUT2D eigenvalue weighted by molar-refractivity contribution is 7.89. The molecule has 0 saturated heterocycles. The molecule has 43 heavy (non-hydrogen) atoms. The first-order valence-electron chi connectivity index (χ1n) is 13.7. The Morgan fingerprint density at radius 3 is 2.65 bits per heavy atom. The minimum atomic E-state index is -4.00. The number of nitrogens with one attached hydrogen (secondary N) is 1. The Kier molecular flexibility index (Phi) is 8.56. The first-order chi connectivity index (χ1) is 20.4. The minimum absolute atomic E-state index is 0.0107. The number of thiazole rings is 1. The molecule has 1 aliphatic rings. The van der Waals surface area contributed by atoms with Crippen molar-refractivity contribution < 1.29 is 32.4 Å². The summed E-state index contributed by atoms with van der Waals surface area (Å²) in [6.07, 6.45) is -0.749. The average molecular weight is 628 g/mol. The van der Waals surface area contributed by atoms with Crippen molar-refractivity contribution in [1.82, 2.24) is 19.3 Å². The van der Waals surface area contributed by atoms with Gasteiger partial charge in [0.2, 0.25) is 10.0 Å². The summed E-state index contributed by atoms with van der Waals surface area (Å²) in [6.45, 7) is 6.52. The van der Waals surface area contributed by atoms with Crippen molar-refractivity contribution in [2.24, 2.45) is 5.92 Å². The lowest BCUT2D eigenvalue weighted by atomic mass is 9.99. The average Bonchev–Trinajstić information content (AvgIpc) is 3.57. The van der Waals surface area contributed by atoms with E-state index >= 15 is 0 Å². The summed E-state index contributed by atoms with van der Waals surface area (Å²) in [4.78, 5) is 33.0. The number of anilines is 1. The number of hydrogen-bond acceptors (Lipinski definition) is 10. The monoisotopic (exact) mass is 627 g/mol. The quantitative estimate of drug-likeness (QED) is 0.298. The largest absolute Gasteiger partial charge is 0.486 e. The van der Waals surface area contributed by atoms with Gasteiger partial charge in [0.15, 0.2) is 16.5 Å². The highest BCUT2D eigenvalue weighted by Crippen LogP contribution is 2.36. The van der Waals surface area contributed by atoms with E-state index in [4.69, 9.17) is 9.26 Å². The molecule has 3 atom stereocenters. The number of aliphatic hydroxyl groups is 1. The maximum Gasteiger partial charge on any atom is 0.284 e. The molecule has 0 radical (unpaired) electrons. The van der Waals surface area contributed by atoms with E-state index in [0.717, 1.165) is 4.70 Å². The lowest BCUT2D eigenvalue weighted by molar-refractivity contribution is 0.0388. The van der Waals surface area contributed by atoms with E-state index in [0.29, 0.717) is 5.52 Å². The van der Waals surface area contributed by atoms with Crippen LogP contribution in [0.4, 0.5) is 5.69 Å². The van der Waals surface area contributed by atoms with Gasteiger partial charge in [-0.1, -0.05) is 30.3 Å². The smallest absolute Gasteiger partial charge is 0.284 e. The molecule has 0 fully saturated rings. The third-order valence-electron chi connectivity index (χ3n) is 7.50. The van der Waals surface area contributed by atoms with Crippen molar-refractivity contribution in [3.63, 3.8) is 0 Å². The molecule has 3 heterocycles. The van der Waals surface area contributed by atoms with E-state index in [2.05, 4.69) is 15.5 Å². The second-order valence-corrected chi connectivity index (χ2v) is 13.7. The molecule has 2 N–H and O–H groups in total. The Labute approximate surface area is 253 Å².